The minimum atomic E-state index is -0.0679. The third kappa shape index (κ3) is 2.86. The summed E-state index contributed by atoms with van der Waals surface area (Å²) in [6.07, 6.45) is 3.66. The Kier molecular flexibility index (Phi) is 4.27. The number of nitrogens with zero attached hydrogens (tertiary/aromatic N) is 1. The van der Waals surface area contributed by atoms with Gasteiger partial charge in [-0.1, -0.05) is 36.5 Å². The van der Waals surface area contributed by atoms with Gasteiger partial charge in [-0.3, -0.25) is 0 Å². The fourth-order valence-electron chi connectivity index (χ4n) is 1.81. The minimum Gasteiger partial charge on any atom is -0.341 e. The maximum Gasteiger partial charge on any atom is 0.123 e. The van der Waals surface area contributed by atoms with Crippen LogP contribution in [0.1, 0.15) is 31.6 Å². The van der Waals surface area contributed by atoms with Gasteiger partial charge in [-0.15, -0.1) is 0 Å². The largest absolute Gasteiger partial charge is 0.341 e. The fourth-order valence-corrected chi connectivity index (χ4v) is 2.21. The second-order valence-corrected chi connectivity index (χ2v) is 5.05. The van der Waals surface area contributed by atoms with Gasteiger partial charge in [0.2, 0.25) is 0 Å². The SMILES string of the molecule is CCCC(N)c1ncc(-c2cc(Cl)ccc2Cl)[nH]1. The summed E-state index contributed by atoms with van der Waals surface area (Å²) in [4.78, 5) is 7.50. The molecule has 0 saturated heterocycles. The van der Waals surface area contributed by atoms with E-state index in [9.17, 15) is 0 Å². The summed E-state index contributed by atoms with van der Waals surface area (Å²) in [6, 6.07) is 5.27. The molecule has 5 heteroatoms. The molecule has 2 rings (SSSR count). The van der Waals surface area contributed by atoms with E-state index < -0.39 is 0 Å². The molecule has 0 spiro atoms. The lowest BCUT2D eigenvalue weighted by Crippen LogP contribution is -2.11. The molecule has 0 fully saturated rings. The van der Waals surface area contributed by atoms with Gasteiger partial charge in [-0.2, -0.15) is 0 Å². The summed E-state index contributed by atoms with van der Waals surface area (Å²) in [5.74, 6) is 0.780. The van der Waals surface area contributed by atoms with Crippen LogP contribution in [0.25, 0.3) is 11.3 Å². The first-order valence-corrected chi connectivity index (χ1v) is 6.63. The summed E-state index contributed by atoms with van der Waals surface area (Å²) in [5.41, 5.74) is 7.69. The van der Waals surface area contributed by atoms with Crippen molar-refractivity contribution in [2.75, 3.05) is 0 Å². The van der Waals surface area contributed by atoms with Crippen molar-refractivity contribution in [3.05, 3.63) is 40.3 Å². The molecule has 1 aromatic heterocycles. The van der Waals surface area contributed by atoms with Crippen molar-refractivity contribution < 1.29 is 0 Å². The summed E-state index contributed by atoms with van der Waals surface area (Å²) in [7, 11) is 0. The van der Waals surface area contributed by atoms with Crippen LogP contribution in [-0.4, -0.2) is 9.97 Å². The van der Waals surface area contributed by atoms with Gasteiger partial charge >= 0.3 is 0 Å². The number of benzene rings is 1. The zero-order valence-corrected chi connectivity index (χ0v) is 11.6. The second kappa shape index (κ2) is 5.74. The lowest BCUT2D eigenvalue weighted by molar-refractivity contribution is 0.609. The van der Waals surface area contributed by atoms with Crippen LogP contribution >= 0.6 is 23.2 Å². The topological polar surface area (TPSA) is 54.7 Å². The standard InChI is InChI=1S/C13H15Cl2N3/c1-2-3-11(16)13-17-7-12(18-13)9-6-8(14)4-5-10(9)15/h4-7,11H,2-3,16H2,1H3,(H,17,18). The Hall–Kier alpha value is -1.03. The van der Waals surface area contributed by atoms with Crippen molar-refractivity contribution >= 4 is 23.2 Å². The molecule has 0 saturated carbocycles. The molecule has 1 unspecified atom stereocenters. The van der Waals surface area contributed by atoms with Gasteiger partial charge in [0.25, 0.3) is 0 Å². The van der Waals surface area contributed by atoms with Crippen LogP contribution in [0.15, 0.2) is 24.4 Å². The smallest absolute Gasteiger partial charge is 0.123 e. The highest BCUT2D eigenvalue weighted by Crippen LogP contribution is 2.30. The van der Waals surface area contributed by atoms with Gasteiger partial charge in [-0.05, 0) is 24.6 Å². The molecule has 3 N–H and O–H groups in total. The summed E-state index contributed by atoms with van der Waals surface area (Å²) >= 11 is 12.1. The van der Waals surface area contributed by atoms with Gasteiger partial charge in [0.15, 0.2) is 0 Å². The third-order valence-electron chi connectivity index (χ3n) is 2.76. The van der Waals surface area contributed by atoms with Crippen LogP contribution in [0.5, 0.6) is 0 Å². The van der Waals surface area contributed by atoms with Crippen molar-refractivity contribution in [1.29, 1.82) is 0 Å². The number of nitrogens with two attached hydrogens (primary N) is 1. The molecule has 1 aromatic carbocycles. The predicted molar refractivity (Wildman–Crippen MR) is 75.9 cm³/mol. The number of aromatic amines is 1. The van der Waals surface area contributed by atoms with Gasteiger partial charge in [-0.25, -0.2) is 4.98 Å². The van der Waals surface area contributed by atoms with Crippen LogP contribution in [0.4, 0.5) is 0 Å². The zero-order valence-electron chi connectivity index (χ0n) is 10.1. The van der Waals surface area contributed by atoms with Crippen molar-refractivity contribution in [2.24, 2.45) is 5.73 Å². The highest BCUT2D eigenvalue weighted by Gasteiger charge is 2.12. The molecular formula is C13H15Cl2N3. The van der Waals surface area contributed by atoms with E-state index in [1.807, 2.05) is 6.07 Å². The number of hydrogen-bond acceptors (Lipinski definition) is 2. The molecule has 96 valence electrons. The van der Waals surface area contributed by atoms with E-state index in [4.69, 9.17) is 28.9 Å². The molecule has 3 nitrogen and oxygen atoms in total. The number of nitrogens with one attached hydrogen (secondary N) is 1. The van der Waals surface area contributed by atoms with Crippen molar-refractivity contribution in [1.82, 2.24) is 9.97 Å². The van der Waals surface area contributed by atoms with Crippen molar-refractivity contribution in [3.8, 4) is 11.3 Å². The Balaban J connectivity index is 2.32. The number of aromatic nitrogens is 2. The Morgan fingerprint density at radius 3 is 2.89 bits per heavy atom. The number of hydrogen-bond donors (Lipinski definition) is 2. The zero-order chi connectivity index (χ0) is 13.1. The van der Waals surface area contributed by atoms with E-state index in [2.05, 4.69) is 16.9 Å². The minimum absolute atomic E-state index is 0.0679. The van der Waals surface area contributed by atoms with E-state index in [1.165, 1.54) is 0 Å². The average Bonchev–Trinajstić information content (AvgIpc) is 2.82. The number of H-pyrrole nitrogens is 1. The Bertz CT molecular complexity index is 537. The van der Waals surface area contributed by atoms with Crippen molar-refractivity contribution in [3.63, 3.8) is 0 Å². The molecule has 0 bridgehead atoms. The summed E-state index contributed by atoms with van der Waals surface area (Å²) in [5, 5.41) is 1.28. The van der Waals surface area contributed by atoms with Crippen molar-refractivity contribution in [2.45, 2.75) is 25.8 Å². The monoisotopic (exact) mass is 283 g/mol. The molecule has 1 heterocycles. The quantitative estimate of drug-likeness (QED) is 0.884. The van der Waals surface area contributed by atoms with Gasteiger partial charge < -0.3 is 10.7 Å². The van der Waals surface area contributed by atoms with E-state index in [0.717, 1.165) is 29.9 Å². The lowest BCUT2D eigenvalue weighted by atomic mass is 10.1. The van der Waals surface area contributed by atoms with Crippen LogP contribution in [0, 0.1) is 0 Å². The molecule has 1 atom stereocenters. The maximum atomic E-state index is 6.14. The van der Waals surface area contributed by atoms with E-state index in [1.54, 1.807) is 18.3 Å². The number of halogens is 2. The van der Waals surface area contributed by atoms with E-state index in [0.29, 0.717) is 10.0 Å². The number of imidazole rings is 1. The highest BCUT2D eigenvalue weighted by molar-refractivity contribution is 6.35. The van der Waals surface area contributed by atoms with Crippen LogP contribution < -0.4 is 5.73 Å². The molecule has 0 aliphatic rings. The molecule has 0 amide bonds. The summed E-state index contributed by atoms with van der Waals surface area (Å²) in [6.45, 7) is 2.09. The fraction of sp³-hybridized carbons (Fsp3) is 0.308. The third-order valence-corrected chi connectivity index (χ3v) is 3.33. The van der Waals surface area contributed by atoms with Crippen LogP contribution in [0.2, 0.25) is 10.0 Å². The van der Waals surface area contributed by atoms with Gasteiger partial charge in [0.05, 0.1) is 23.0 Å². The molecular weight excluding hydrogens is 269 g/mol. The Morgan fingerprint density at radius 1 is 1.39 bits per heavy atom. The first kappa shape index (κ1) is 13.4. The predicted octanol–water partition coefficient (Wildman–Crippen LogP) is 4.18. The van der Waals surface area contributed by atoms with Gasteiger partial charge in [0.1, 0.15) is 5.82 Å². The van der Waals surface area contributed by atoms with Crippen LogP contribution in [0.3, 0.4) is 0 Å². The molecule has 0 radical (unpaired) electrons. The maximum absolute atomic E-state index is 6.14. The van der Waals surface area contributed by atoms with Gasteiger partial charge in [0, 0.05) is 10.6 Å². The first-order valence-electron chi connectivity index (χ1n) is 5.87. The Labute approximate surface area is 116 Å². The number of rotatable bonds is 4. The molecule has 0 aliphatic carbocycles. The van der Waals surface area contributed by atoms with E-state index in [-0.39, 0.29) is 6.04 Å². The Morgan fingerprint density at radius 2 is 2.17 bits per heavy atom. The summed E-state index contributed by atoms with van der Waals surface area (Å²) < 4.78 is 0. The highest BCUT2D eigenvalue weighted by atomic mass is 35.5. The molecule has 0 aliphatic heterocycles. The molecule has 2 aromatic rings. The molecule has 18 heavy (non-hydrogen) atoms. The average molecular weight is 284 g/mol. The van der Waals surface area contributed by atoms with E-state index >= 15 is 0 Å². The lowest BCUT2D eigenvalue weighted by Gasteiger charge is -2.06. The second-order valence-electron chi connectivity index (χ2n) is 4.20. The first-order chi connectivity index (χ1) is 8.61. The normalized spacial score (nSPS) is 12.7. The van der Waals surface area contributed by atoms with Crippen LogP contribution in [-0.2, 0) is 0 Å².